The van der Waals surface area contributed by atoms with Crippen molar-refractivity contribution in [2.45, 2.75) is 6.54 Å². The highest BCUT2D eigenvalue weighted by Gasteiger charge is 2.19. The van der Waals surface area contributed by atoms with E-state index in [-0.39, 0.29) is 11.4 Å². The van der Waals surface area contributed by atoms with Crippen LogP contribution >= 0.6 is 0 Å². The molecule has 1 heterocycles. The van der Waals surface area contributed by atoms with Crippen LogP contribution < -0.4 is 10.1 Å². The molecule has 0 bridgehead atoms. The summed E-state index contributed by atoms with van der Waals surface area (Å²) in [6.45, 7) is 0.440. The van der Waals surface area contributed by atoms with E-state index in [0.717, 1.165) is 11.6 Å². The van der Waals surface area contributed by atoms with Crippen LogP contribution in [0.4, 0.5) is 14.6 Å². The van der Waals surface area contributed by atoms with Crippen LogP contribution in [0.2, 0.25) is 0 Å². The molecule has 1 aromatic heterocycles. The third kappa shape index (κ3) is 4.45. The minimum absolute atomic E-state index is 0.127. The molecule has 1 N–H and O–H groups in total. The highest BCUT2D eigenvalue weighted by atomic mass is 19.1. The van der Waals surface area contributed by atoms with Crippen LogP contribution in [0, 0.1) is 11.6 Å². The van der Waals surface area contributed by atoms with Crippen molar-refractivity contribution in [1.82, 2.24) is 9.55 Å². The average Bonchev–Trinajstić information content (AvgIpc) is 3.16. The van der Waals surface area contributed by atoms with Gasteiger partial charge in [0.2, 0.25) is 0 Å². The van der Waals surface area contributed by atoms with Crippen molar-refractivity contribution in [3.05, 3.63) is 102 Å². The molecule has 7 heteroatoms. The Kier molecular flexibility index (Phi) is 5.75. The number of anilines is 1. The number of ether oxygens (including phenoxy) is 1. The first-order chi connectivity index (χ1) is 15.0. The number of hydrogen-bond donors (Lipinski definition) is 1. The molecule has 0 unspecified atom stereocenters. The zero-order valence-electron chi connectivity index (χ0n) is 16.7. The van der Waals surface area contributed by atoms with Crippen molar-refractivity contribution in [3.8, 4) is 17.0 Å². The standard InChI is InChI=1S/C24H19F2N3O2/c1-31-19-11-12-20(21(26)13-19)24(30)28-23-22(17-7-9-18(25)10-8-17)27-15-29(23)14-16-5-3-2-4-6-16/h2-13,15H,14H2,1H3,(H,28,30). The molecule has 0 spiro atoms. The highest BCUT2D eigenvalue weighted by Crippen LogP contribution is 2.28. The molecule has 0 fully saturated rings. The number of nitrogens with zero attached hydrogens (tertiary/aromatic N) is 2. The zero-order chi connectivity index (χ0) is 21.8. The molecule has 0 atom stereocenters. The molecule has 3 aromatic carbocycles. The predicted octanol–water partition coefficient (Wildman–Crippen LogP) is 5.14. The van der Waals surface area contributed by atoms with Crippen LogP contribution in [-0.4, -0.2) is 22.6 Å². The van der Waals surface area contributed by atoms with Crippen LogP contribution in [0.25, 0.3) is 11.3 Å². The average molecular weight is 419 g/mol. The number of carbonyl (C=O) groups excluding carboxylic acids is 1. The number of methoxy groups -OCH3 is 1. The van der Waals surface area contributed by atoms with E-state index in [9.17, 15) is 13.6 Å². The summed E-state index contributed by atoms with van der Waals surface area (Å²) in [5.41, 5.74) is 1.95. The van der Waals surface area contributed by atoms with Gasteiger partial charge in [0.15, 0.2) is 0 Å². The Morgan fingerprint density at radius 2 is 1.77 bits per heavy atom. The fourth-order valence-corrected chi connectivity index (χ4v) is 3.21. The summed E-state index contributed by atoms with van der Waals surface area (Å²) in [6.07, 6.45) is 1.59. The Bertz CT molecular complexity index is 1210. The fourth-order valence-electron chi connectivity index (χ4n) is 3.21. The second-order valence-electron chi connectivity index (χ2n) is 6.86. The van der Waals surface area contributed by atoms with Crippen LogP contribution in [0.15, 0.2) is 79.1 Å². The van der Waals surface area contributed by atoms with E-state index in [1.807, 2.05) is 30.3 Å². The first kappa shape index (κ1) is 20.3. The van der Waals surface area contributed by atoms with Crippen molar-refractivity contribution in [3.63, 3.8) is 0 Å². The molecular weight excluding hydrogens is 400 g/mol. The first-order valence-electron chi connectivity index (χ1n) is 9.55. The van der Waals surface area contributed by atoms with E-state index in [1.165, 1.54) is 31.4 Å². The fraction of sp³-hybridized carbons (Fsp3) is 0.0833. The minimum Gasteiger partial charge on any atom is -0.497 e. The van der Waals surface area contributed by atoms with Crippen molar-refractivity contribution in [1.29, 1.82) is 0 Å². The number of rotatable bonds is 6. The lowest BCUT2D eigenvalue weighted by molar-refractivity contribution is 0.102. The maximum absolute atomic E-state index is 14.4. The van der Waals surface area contributed by atoms with Gasteiger partial charge in [-0.05, 0) is 42.0 Å². The van der Waals surface area contributed by atoms with E-state index in [1.54, 1.807) is 23.0 Å². The second-order valence-corrected chi connectivity index (χ2v) is 6.86. The summed E-state index contributed by atoms with van der Waals surface area (Å²) in [5.74, 6) is -1.00. The summed E-state index contributed by atoms with van der Waals surface area (Å²) in [5, 5.41) is 2.77. The van der Waals surface area contributed by atoms with Gasteiger partial charge < -0.3 is 14.6 Å². The first-order valence-corrected chi connectivity index (χ1v) is 9.55. The van der Waals surface area contributed by atoms with Crippen LogP contribution in [0.3, 0.4) is 0 Å². The molecule has 5 nitrogen and oxygen atoms in total. The lowest BCUT2D eigenvalue weighted by atomic mass is 10.1. The van der Waals surface area contributed by atoms with Crippen LogP contribution in [0.1, 0.15) is 15.9 Å². The lowest BCUT2D eigenvalue weighted by Crippen LogP contribution is -2.17. The summed E-state index contributed by atoms with van der Waals surface area (Å²) < 4.78 is 34.6. The van der Waals surface area contributed by atoms with Crippen LogP contribution in [0.5, 0.6) is 5.75 Å². The van der Waals surface area contributed by atoms with Crippen molar-refractivity contribution >= 4 is 11.7 Å². The SMILES string of the molecule is COc1ccc(C(=O)Nc2c(-c3ccc(F)cc3)ncn2Cc2ccccc2)c(F)c1. The zero-order valence-corrected chi connectivity index (χ0v) is 16.7. The summed E-state index contributed by atoms with van der Waals surface area (Å²) in [6, 6.07) is 19.5. The van der Waals surface area contributed by atoms with Gasteiger partial charge in [-0.3, -0.25) is 4.79 Å². The van der Waals surface area contributed by atoms with E-state index < -0.39 is 11.7 Å². The van der Waals surface area contributed by atoms with E-state index in [4.69, 9.17) is 4.74 Å². The van der Waals surface area contributed by atoms with Gasteiger partial charge in [0.25, 0.3) is 5.91 Å². The Morgan fingerprint density at radius 3 is 2.45 bits per heavy atom. The summed E-state index contributed by atoms with van der Waals surface area (Å²) >= 11 is 0. The summed E-state index contributed by atoms with van der Waals surface area (Å²) in [7, 11) is 1.42. The number of hydrogen-bond acceptors (Lipinski definition) is 3. The molecule has 156 valence electrons. The number of halogens is 2. The maximum atomic E-state index is 14.4. The molecule has 4 rings (SSSR count). The van der Waals surface area contributed by atoms with Gasteiger partial charge in [-0.15, -0.1) is 0 Å². The normalized spacial score (nSPS) is 10.7. The Morgan fingerprint density at radius 1 is 1.03 bits per heavy atom. The van der Waals surface area contributed by atoms with Gasteiger partial charge in [0.05, 0.1) is 25.5 Å². The topological polar surface area (TPSA) is 56.1 Å². The molecule has 31 heavy (non-hydrogen) atoms. The van der Waals surface area contributed by atoms with Crippen molar-refractivity contribution in [2.75, 3.05) is 12.4 Å². The molecule has 0 aliphatic rings. The third-order valence-corrected chi connectivity index (χ3v) is 4.80. The van der Waals surface area contributed by atoms with E-state index >= 15 is 0 Å². The predicted molar refractivity (Wildman–Crippen MR) is 114 cm³/mol. The molecule has 1 amide bonds. The van der Waals surface area contributed by atoms with Gasteiger partial charge in [-0.1, -0.05) is 30.3 Å². The number of nitrogens with one attached hydrogen (secondary N) is 1. The van der Waals surface area contributed by atoms with Gasteiger partial charge >= 0.3 is 0 Å². The minimum atomic E-state index is -0.700. The number of aromatic nitrogens is 2. The molecule has 0 aliphatic heterocycles. The number of carbonyl (C=O) groups is 1. The Hall–Kier alpha value is -4.00. The number of imidazole rings is 1. The smallest absolute Gasteiger partial charge is 0.259 e. The molecule has 4 aromatic rings. The van der Waals surface area contributed by atoms with E-state index in [2.05, 4.69) is 10.3 Å². The highest BCUT2D eigenvalue weighted by molar-refractivity contribution is 6.05. The lowest BCUT2D eigenvalue weighted by Gasteiger charge is -2.13. The number of amides is 1. The van der Waals surface area contributed by atoms with Crippen molar-refractivity contribution in [2.24, 2.45) is 0 Å². The van der Waals surface area contributed by atoms with Gasteiger partial charge in [0.1, 0.15) is 28.9 Å². The molecule has 0 aliphatic carbocycles. The van der Waals surface area contributed by atoms with Crippen LogP contribution in [-0.2, 0) is 6.54 Å². The Balaban J connectivity index is 1.72. The van der Waals surface area contributed by atoms with Gasteiger partial charge in [-0.25, -0.2) is 13.8 Å². The molecule has 0 radical (unpaired) electrons. The van der Waals surface area contributed by atoms with Gasteiger partial charge in [-0.2, -0.15) is 0 Å². The molecule has 0 saturated carbocycles. The third-order valence-electron chi connectivity index (χ3n) is 4.80. The largest absolute Gasteiger partial charge is 0.497 e. The van der Waals surface area contributed by atoms with Gasteiger partial charge in [0, 0.05) is 11.6 Å². The number of benzene rings is 3. The van der Waals surface area contributed by atoms with Crippen molar-refractivity contribution < 1.29 is 18.3 Å². The maximum Gasteiger partial charge on any atom is 0.259 e. The Labute approximate surface area is 177 Å². The second kappa shape index (κ2) is 8.79. The monoisotopic (exact) mass is 419 g/mol. The van der Waals surface area contributed by atoms with E-state index in [0.29, 0.717) is 29.4 Å². The quantitative estimate of drug-likeness (QED) is 0.471. The molecular formula is C24H19F2N3O2. The molecule has 0 saturated heterocycles. The summed E-state index contributed by atoms with van der Waals surface area (Å²) in [4.78, 5) is 17.3.